The van der Waals surface area contributed by atoms with Gasteiger partial charge < -0.3 is 18.9 Å². The first-order valence-corrected chi connectivity index (χ1v) is 10.2. The average Bonchev–Trinajstić information content (AvgIpc) is 3.33. The number of pyridine rings is 1. The van der Waals surface area contributed by atoms with Crippen molar-refractivity contribution in [2.24, 2.45) is 0 Å². The first-order chi connectivity index (χ1) is 15.0. The van der Waals surface area contributed by atoms with Crippen LogP contribution in [0.15, 0.2) is 53.8 Å². The summed E-state index contributed by atoms with van der Waals surface area (Å²) in [7, 11) is 1.58. The van der Waals surface area contributed by atoms with Crippen molar-refractivity contribution >= 4 is 28.4 Å². The summed E-state index contributed by atoms with van der Waals surface area (Å²) in [6, 6.07) is 8.96. The van der Waals surface area contributed by atoms with Gasteiger partial charge in [-0.15, -0.1) is 0 Å². The maximum Gasteiger partial charge on any atom is 0.275 e. The molecule has 1 aliphatic heterocycles. The van der Waals surface area contributed by atoms with Crippen molar-refractivity contribution in [3.63, 3.8) is 0 Å². The molecular weight excluding hydrogens is 418 g/mol. The SMILES string of the molecule is COn1cc(CN2CCn3c(ccc(-n4cnc(C)c4)c3=O)C2=O)c2ccc(Cl)cc21. The summed E-state index contributed by atoms with van der Waals surface area (Å²) in [4.78, 5) is 37.5. The number of amides is 1. The van der Waals surface area contributed by atoms with E-state index < -0.39 is 0 Å². The van der Waals surface area contributed by atoms with E-state index in [1.54, 1.807) is 50.5 Å². The molecule has 31 heavy (non-hydrogen) atoms. The molecule has 158 valence electrons. The van der Waals surface area contributed by atoms with Gasteiger partial charge in [0.2, 0.25) is 0 Å². The van der Waals surface area contributed by atoms with Crippen LogP contribution >= 0.6 is 11.6 Å². The van der Waals surface area contributed by atoms with Gasteiger partial charge in [-0.25, -0.2) is 4.98 Å². The number of fused-ring (bicyclic) bond motifs is 2. The highest BCUT2D eigenvalue weighted by Crippen LogP contribution is 2.26. The Kier molecular flexibility index (Phi) is 4.59. The molecule has 1 aliphatic rings. The maximum atomic E-state index is 13.2. The largest absolute Gasteiger partial charge is 0.417 e. The zero-order valence-corrected chi connectivity index (χ0v) is 17.8. The zero-order chi connectivity index (χ0) is 21.7. The van der Waals surface area contributed by atoms with Crippen molar-refractivity contribution in [1.82, 2.24) is 23.7 Å². The Morgan fingerprint density at radius 1 is 1.13 bits per heavy atom. The molecule has 0 unspecified atom stereocenters. The van der Waals surface area contributed by atoms with Gasteiger partial charge in [0, 0.05) is 48.0 Å². The van der Waals surface area contributed by atoms with E-state index >= 15 is 0 Å². The predicted octanol–water partition coefficient (Wildman–Crippen LogP) is 2.66. The van der Waals surface area contributed by atoms with Crippen LogP contribution in [0.2, 0.25) is 5.02 Å². The van der Waals surface area contributed by atoms with Crippen LogP contribution in [0, 0.1) is 6.92 Å². The molecule has 3 aromatic heterocycles. The minimum Gasteiger partial charge on any atom is -0.417 e. The fraction of sp³-hybridized carbons (Fsp3) is 0.227. The normalized spacial score (nSPS) is 13.6. The maximum absolute atomic E-state index is 13.2. The molecule has 1 aromatic carbocycles. The van der Waals surface area contributed by atoms with Gasteiger partial charge in [-0.05, 0) is 31.2 Å². The number of carbonyl (C=O) groups is 1. The summed E-state index contributed by atoms with van der Waals surface area (Å²) in [6.45, 7) is 3.13. The zero-order valence-electron chi connectivity index (χ0n) is 17.1. The van der Waals surface area contributed by atoms with Gasteiger partial charge in [-0.1, -0.05) is 17.7 Å². The number of carbonyl (C=O) groups excluding carboxylic acids is 1. The predicted molar refractivity (Wildman–Crippen MR) is 117 cm³/mol. The molecule has 9 heteroatoms. The van der Waals surface area contributed by atoms with Gasteiger partial charge >= 0.3 is 0 Å². The third-order valence-corrected chi connectivity index (χ3v) is 5.85. The van der Waals surface area contributed by atoms with Gasteiger partial charge in [0.15, 0.2) is 0 Å². The second-order valence-corrected chi connectivity index (χ2v) is 7.97. The van der Waals surface area contributed by atoms with E-state index in [-0.39, 0.29) is 11.5 Å². The van der Waals surface area contributed by atoms with Gasteiger partial charge in [0.25, 0.3) is 11.5 Å². The molecule has 0 saturated carbocycles. The smallest absolute Gasteiger partial charge is 0.275 e. The Morgan fingerprint density at radius 2 is 1.97 bits per heavy atom. The monoisotopic (exact) mass is 437 g/mol. The van der Waals surface area contributed by atoms with Gasteiger partial charge in [-0.2, -0.15) is 4.73 Å². The third-order valence-electron chi connectivity index (χ3n) is 5.62. The lowest BCUT2D eigenvalue weighted by molar-refractivity contribution is 0.0686. The lowest BCUT2D eigenvalue weighted by Crippen LogP contribution is -2.44. The van der Waals surface area contributed by atoms with Crippen LogP contribution in [0.25, 0.3) is 16.6 Å². The van der Waals surface area contributed by atoms with Crippen molar-refractivity contribution in [1.29, 1.82) is 0 Å². The minimum atomic E-state index is -0.200. The van der Waals surface area contributed by atoms with Crippen molar-refractivity contribution < 1.29 is 9.63 Å². The lowest BCUT2D eigenvalue weighted by Gasteiger charge is -2.29. The van der Waals surface area contributed by atoms with E-state index in [0.29, 0.717) is 36.0 Å². The van der Waals surface area contributed by atoms with E-state index in [2.05, 4.69) is 4.98 Å². The third kappa shape index (κ3) is 3.19. The quantitative estimate of drug-likeness (QED) is 0.492. The summed E-state index contributed by atoms with van der Waals surface area (Å²) >= 11 is 6.13. The molecule has 0 fully saturated rings. The second kappa shape index (κ2) is 7.31. The highest BCUT2D eigenvalue weighted by atomic mass is 35.5. The molecule has 0 radical (unpaired) electrons. The van der Waals surface area contributed by atoms with Crippen LogP contribution in [-0.4, -0.2) is 43.3 Å². The summed E-state index contributed by atoms with van der Waals surface area (Å²) in [6.07, 6.45) is 5.26. The van der Waals surface area contributed by atoms with E-state index in [9.17, 15) is 9.59 Å². The molecule has 0 atom stereocenters. The molecule has 0 N–H and O–H groups in total. The van der Waals surface area contributed by atoms with Gasteiger partial charge in [0.1, 0.15) is 18.5 Å². The molecule has 4 heterocycles. The average molecular weight is 438 g/mol. The summed E-state index contributed by atoms with van der Waals surface area (Å²) in [5, 5.41) is 1.58. The van der Waals surface area contributed by atoms with E-state index in [4.69, 9.17) is 16.4 Å². The standard InChI is InChI=1S/C22H20ClN5O3/c1-14-10-26(13-24-14)18-5-6-19-21(29)25(7-8-27(19)22(18)30)11-15-12-28(31-2)20-9-16(23)3-4-17(15)20/h3-6,9-10,12-13H,7-8,11H2,1-2H3. The topological polar surface area (TPSA) is 74.3 Å². The Labute approximate surface area is 182 Å². The van der Waals surface area contributed by atoms with Crippen LogP contribution in [-0.2, 0) is 13.1 Å². The Morgan fingerprint density at radius 3 is 2.71 bits per heavy atom. The highest BCUT2D eigenvalue weighted by Gasteiger charge is 2.27. The Balaban J connectivity index is 1.48. The molecule has 0 bridgehead atoms. The number of hydrogen-bond acceptors (Lipinski definition) is 4. The van der Waals surface area contributed by atoms with Gasteiger partial charge in [-0.3, -0.25) is 9.59 Å². The van der Waals surface area contributed by atoms with Crippen LogP contribution in [0.4, 0.5) is 0 Å². The number of aryl methyl sites for hydroxylation is 1. The molecule has 8 nitrogen and oxygen atoms in total. The number of rotatable bonds is 4. The van der Waals surface area contributed by atoms with Gasteiger partial charge in [0.05, 0.1) is 17.5 Å². The number of imidazole rings is 1. The molecule has 0 aliphatic carbocycles. The molecular formula is C22H20ClN5O3. The Bertz CT molecular complexity index is 1380. The first kappa shape index (κ1) is 19.4. The summed E-state index contributed by atoms with van der Waals surface area (Å²) in [5.74, 6) is -0.177. The minimum absolute atomic E-state index is 0.177. The fourth-order valence-corrected chi connectivity index (χ4v) is 4.25. The van der Waals surface area contributed by atoms with Crippen molar-refractivity contribution in [3.05, 3.63) is 81.4 Å². The fourth-order valence-electron chi connectivity index (χ4n) is 4.08. The molecule has 4 aromatic rings. The van der Waals surface area contributed by atoms with Crippen LogP contribution in [0.1, 0.15) is 21.7 Å². The van der Waals surface area contributed by atoms with E-state index in [0.717, 1.165) is 22.2 Å². The number of benzene rings is 1. The number of hydrogen-bond donors (Lipinski definition) is 0. The molecule has 1 amide bonds. The summed E-state index contributed by atoms with van der Waals surface area (Å²) in [5.41, 5.74) is 3.27. The van der Waals surface area contributed by atoms with Crippen LogP contribution in [0.5, 0.6) is 0 Å². The van der Waals surface area contributed by atoms with Crippen molar-refractivity contribution in [3.8, 4) is 5.69 Å². The number of nitrogens with zero attached hydrogens (tertiary/aromatic N) is 5. The van der Waals surface area contributed by atoms with Crippen LogP contribution < -0.4 is 10.4 Å². The molecule has 0 spiro atoms. The number of aromatic nitrogens is 4. The second-order valence-electron chi connectivity index (χ2n) is 7.53. The molecule has 0 saturated heterocycles. The lowest BCUT2D eigenvalue weighted by atomic mass is 10.1. The van der Waals surface area contributed by atoms with E-state index in [1.165, 1.54) is 0 Å². The van der Waals surface area contributed by atoms with Crippen LogP contribution in [0.3, 0.4) is 0 Å². The highest BCUT2D eigenvalue weighted by molar-refractivity contribution is 6.31. The summed E-state index contributed by atoms with van der Waals surface area (Å²) < 4.78 is 4.87. The van der Waals surface area contributed by atoms with Crippen molar-refractivity contribution in [2.45, 2.75) is 20.0 Å². The van der Waals surface area contributed by atoms with E-state index in [1.807, 2.05) is 31.3 Å². The van der Waals surface area contributed by atoms with Crippen molar-refractivity contribution in [2.75, 3.05) is 13.7 Å². The Hall–Kier alpha value is -3.52. The number of halogens is 1. The first-order valence-electron chi connectivity index (χ1n) is 9.84. The molecule has 5 rings (SSSR count).